The number of anilines is 1. The van der Waals surface area contributed by atoms with Crippen LogP contribution in [0.15, 0.2) is 0 Å². The molecule has 0 saturated heterocycles. The molecule has 4 nitrogen and oxygen atoms in total. The van der Waals surface area contributed by atoms with Gasteiger partial charge in [-0.05, 0) is 31.9 Å². The molecular formula is C9H13NO3S. The van der Waals surface area contributed by atoms with Gasteiger partial charge in [-0.25, -0.2) is 4.79 Å². The number of amides is 1. The third kappa shape index (κ3) is 1.73. The summed E-state index contributed by atoms with van der Waals surface area (Å²) in [6, 6.07) is 0. The van der Waals surface area contributed by atoms with Crippen molar-refractivity contribution in [1.82, 2.24) is 0 Å². The van der Waals surface area contributed by atoms with Crippen LogP contribution in [0.25, 0.3) is 0 Å². The van der Waals surface area contributed by atoms with Crippen molar-refractivity contribution in [3.63, 3.8) is 0 Å². The van der Waals surface area contributed by atoms with E-state index in [2.05, 4.69) is 0 Å². The van der Waals surface area contributed by atoms with Crippen molar-refractivity contribution in [3.8, 4) is 0 Å². The smallest absolute Gasteiger partial charge is 0.437 e. The first-order chi connectivity index (χ1) is 6.49. The summed E-state index contributed by atoms with van der Waals surface area (Å²) in [6.07, 6.45) is -1.10. The molecule has 1 aromatic heterocycles. The van der Waals surface area contributed by atoms with Gasteiger partial charge in [0.25, 0.3) is 0 Å². The molecule has 1 amide bonds. The average molecular weight is 215 g/mol. The molecule has 0 radical (unpaired) electrons. The Morgan fingerprint density at radius 3 is 2.21 bits per heavy atom. The zero-order valence-corrected chi connectivity index (χ0v) is 9.44. The minimum absolute atomic E-state index is 0.634. The van der Waals surface area contributed by atoms with E-state index >= 15 is 0 Å². The molecule has 0 aliphatic carbocycles. The molecular weight excluding hydrogens is 202 g/mol. The number of hydrogen-bond donors (Lipinski definition) is 1. The Morgan fingerprint density at radius 1 is 1.36 bits per heavy atom. The first kappa shape index (κ1) is 11.0. The van der Waals surface area contributed by atoms with Gasteiger partial charge < -0.3 is 5.11 Å². The van der Waals surface area contributed by atoms with Crippen LogP contribution >= 0.6 is 11.3 Å². The fourth-order valence-corrected chi connectivity index (χ4v) is 2.30. The minimum atomic E-state index is -1.10. The van der Waals surface area contributed by atoms with E-state index in [0.29, 0.717) is 5.00 Å². The average Bonchev–Trinajstić information content (AvgIpc) is 2.35. The van der Waals surface area contributed by atoms with Gasteiger partial charge in [0.15, 0.2) is 0 Å². The molecule has 0 aliphatic heterocycles. The number of hydrogen-bond acceptors (Lipinski definition) is 3. The quantitative estimate of drug-likeness (QED) is 0.772. The van der Waals surface area contributed by atoms with Crippen LogP contribution in [0.2, 0.25) is 0 Å². The number of hydroxylamine groups is 1. The number of carboxylic acid groups (broad SMARTS) is 1. The monoisotopic (exact) mass is 215 g/mol. The lowest BCUT2D eigenvalue weighted by molar-refractivity contribution is 0.131. The number of thiophene rings is 1. The fraction of sp³-hybridized carbons (Fsp3) is 0.444. The van der Waals surface area contributed by atoms with Gasteiger partial charge in [0.05, 0.1) is 7.11 Å². The molecule has 0 fully saturated rings. The Labute approximate surface area is 86.7 Å². The normalized spacial score (nSPS) is 10.3. The predicted octanol–water partition coefficient (Wildman–Crippen LogP) is 2.72. The second kappa shape index (κ2) is 3.98. The van der Waals surface area contributed by atoms with E-state index < -0.39 is 6.09 Å². The molecule has 1 aromatic rings. The van der Waals surface area contributed by atoms with Crippen molar-refractivity contribution in [2.45, 2.75) is 20.8 Å². The summed E-state index contributed by atoms with van der Waals surface area (Å²) in [6.45, 7) is 5.83. The molecule has 0 aliphatic rings. The van der Waals surface area contributed by atoms with Crippen LogP contribution in [0.4, 0.5) is 9.80 Å². The van der Waals surface area contributed by atoms with Crippen molar-refractivity contribution in [2.24, 2.45) is 0 Å². The Hall–Kier alpha value is -1.07. The van der Waals surface area contributed by atoms with Crippen LogP contribution in [0.5, 0.6) is 0 Å². The van der Waals surface area contributed by atoms with Gasteiger partial charge in [0.1, 0.15) is 5.00 Å². The van der Waals surface area contributed by atoms with Crippen molar-refractivity contribution in [2.75, 3.05) is 12.2 Å². The third-order valence-electron chi connectivity index (χ3n) is 2.20. The second-order valence-corrected chi connectivity index (χ2v) is 4.18. The highest BCUT2D eigenvalue weighted by atomic mass is 32.1. The van der Waals surface area contributed by atoms with E-state index in [1.807, 2.05) is 20.8 Å². The summed E-state index contributed by atoms with van der Waals surface area (Å²) in [4.78, 5) is 16.7. The molecule has 0 atom stereocenters. The molecule has 0 spiro atoms. The van der Waals surface area contributed by atoms with E-state index in [1.54, 1.807) is 0 Å². The third-order valence-corrected chi connectivity index (χ3v) is 3.48. The van der Waals surface area contributed by atoms with Gasteiger partial charge in [0, 0.05) is 4.88 Å². The van der Waals surface area contributed by atoms with Crippen LogP contribution in [0, 0.1) is 20.8 Å². The fourth-order valence-electron chi connectivity index (χ4n) is 1.16. The summed E-state index contributed by atoms with van der Waals surface area (Å²) < 4.78 is 0. The number of rotatable bonds is 2. The zero-order chi connectivity index (χ0) is 10.9. The Bertz CT molecular complexity index is 359. The summed E-state index contributed by atoms with van der Waals surface area (Å²) in [5.41, 5.74) is 2.07. The molecule has 78 valence electrons. The van der Waals surface area contributed by atoms with E-state index in [4.69, 9.17) is 9.94 Å². The van der Waals surface area contributed by atoms with E-state index in [0.717, 1.165) is 21.1 Å². The minimum Gasteiger partial charge on any atom is -0.463 e. The predicted molar refractivity (Wildman–Crippen MR) is 56.0 cm³/mol. The van der Waals surface area contributed by atoms with Crippen molar-refractivity contribution in [3.05, 3.63) is 16.0 Å². The van der Waals surface area contributed by atoms with Gasteiger partial charge in [-0.15, -0.1) is 16.4 Å². The van der Waals surface area contributed by atoms with Crippen LogP contribution in [0.3, 0.4) is 0 Å². The van der Waals surface area contributed by atoms with Crippen molar-refractivity contribution >= 4 is 22.4 Å². The van der Waals surface area contributed by atoms with Gasteiger partial charge in [-0.1, -0.05) is 0 Å². The zero-order valence-electron chi connectivity index (χ0n) is 8.62. The molecule has 1 rings (SSSR count). The molecule has 0 unspecified atom stereocenters. The standard InChI is InChI=1S/C9H13NO3S/c1-5-6(2)8(14-7(5)3)10(13-4)9(11)12/h1-4H3,(H,11,12). The largest absolute Gasteiger partial charge is 0.463 e. The lowest BCUT2D eigenvalue weighted by Gasteiger charge is -2.14. The lowest BCUT2D eigenvalue weighted by atomic mass is 10.2. The van der Waals surface area contributed by atoms with E-state index in [9.17, 15) is 4.79 Å². The van der Waals surface area contributed by atoms with Crippen LogP contribution in [-0.4, -0.2) is 18.3 Å². The van der Waals surface area contributed by atoms with Crippen LogP contribution in [0.1, 0.15) is 16.0 Å². The first-order valence-corrected chi connectivity index (χ1v) is 4.94. The lowest BCUT2D eigenvalue weighted by Crippen LogP contribution is -2.27. The Balaban J connectivity index is 3.17. The summed E-state index contributed by atoms with van der Waals surface area (Å²) in [5.74, 6) is 0. The molecule has 0 aromatic carbocycles. The van der Waals surface area contributed by atoms with Gasteiger partial charge in [0.2, 0.25) is 0 Å². The van der Waals surface area contributed by atoms with Crippen molar-refractivity contribution < 1.29 is 14.7 Å². The Morgan fingerprint density at radius 2 is 1.93 bits per heavy atom. The first-order valence-electron chi connectivity index (χ1n) is 4.12. The van der Waals surface area contributed by atoms with E-state index in [1.165, 1.54) is 18.4 Å². The van der Waals surface area contributed by atoms with Gasteiger partial charge in [-0.3, -0.25) is 4.84 Å². The van der Waals surface area contributed by atoms with Gasteiger partial charge >= 0.3 is 6.09 Å². The molecule has 1 heterocycles. The summed E-state index contributed by atoms with van der Waals surface area (Å²) in [5, 5.41) is 10.4. The maximum Gasteiger partial charge on any atom is 0.437 e. The highest BCUT2D eigenvalue weighted by Crippen LogP contribution is 2.34. The second-order valence-electron chi connectivity index (χ2n) is 2.97. The maximum atomic E-state index is 10.8. The summed E-state index contributed by atoms with van der Waals surface area (Å²) >= 11 is 1.42. The topological polar surface area (TPSA) is 49.8 Å². The van der Waals surface area contributed by atoms with Crippen LogP contribution < -0.4 is 5.06 Å². The van der Waals surface area contributed by atoms with Crippen molar-refractivity contribution in [1.29, 1.82) is 0 Å². The molecule has 5 heteroatoms. The number of nitrogens with zero attached hydrogens (tertiary/aromatic N) is 1. The SMILES string of the molecule is CON(C(=O)O)c1sc(C)c(C)c1C. The van der Waals surface area contributed by atoms with Gasteiger partial charge in [-0.2, -0.15) is 0 Å². The highest BCUT2D eigenvalue weighted by Gasteiger charge is 2.20. The molecule has 14 heavy (non-hydrogen) atoms. The molecule has 0 bridgehead atoms. The molecule has 1 N–H and O–H groups in total. The maximum absolute atomic E-state index is 10.8. The Kier molecular flexibility index (Phi) is 3.13. The summed E-state index contributed by atoms with van der Waals surface area (Å²) in [7, 11) is 1.35. The number of carbonyl (C=O) groups is 1. The van der Waals surface area contributed by atoms with Crippen LogP contribution in [-0.2, 0) is 4.84 Å². The number of aryl methyl sites for hydroxylation is 1. The van der Waals surface area contributed by atoms with E-state index in [-0.39, 0.29) is 0 Å². The molecule has 0 saturated carbocycles. The highest BCUT2D eigenvalue weighted by molar-refractivity contribution is 7.16.